The summed E-state index contributed by atoms with van der Waals surface area (Å²) in [6.07, 6.45) is 3.71. The fourth-order valence-corrected chi connectivity index (χ4v) is 1.01. The van der Waals surface area contributed by atoms with Crippen molar-refractivity contribution >= 4 is 0 Å². The highest BCUT2D eigenvalue weighted by Gasteiger charge is 2.27. The highest BCUT2D eigenvalue weighted by Crippen LogP contribution is 2.32. The predicted molar refractivity (Wildman–Crippen MR) is 37.2 cm³/mol. The number of nitrogens with two attached hydrogens (primary N) is 1. The van der Waals surface area contributed by atoms with Gasteiger partial charge in [0.05, 0.1) is 0 Å². The van der Waals surface area contributed by atoms with Crippen molar-refractivity contribution in [3.8, 4) is 0 Å². The SMILES string of the molecule is COCCC(N)C1CC1. The minimum Gasteiger partial charge on any atom is -0.385 e. The number of hydrogen-bond acceptors (Lipinski definition) is 2. The molecule has 9 heavy (non-hydrogen) atoms. The van der Waals surface area contributed by atoms with Gasteiger partial charge in [-0.2, -0.15) is 0 Å². The molecular weight excluding hydrogens is 114 g/mol. The first-order chi connectivity index (χ1) is 4.34. The van der Waals surface area contributed by atoms with E-state index in [4.69, 9.17) is 10.5 Å². The summed E-state index contributed by atoms with van der Waals surface area (Å²) in [5, 5.41) is 0. The van der Waals surface area contributed by atoms with Gasteiger partial charge in [-0.1, -0.05) is 0 Å². The van der Waals surface area contributed by atoms with E-state index in [1.54, 1.807) is 7.11 Å². The van der Waals surface area contributed by atoms with Gasteiger partial charge in [-0.25, -0.2) is 0 Å². The van der Waals surface area contributed by atoms with Crippen molar-refractivity contribution in [2.45, 2.75) is 25.3 Å². The molecule has 0 spiro atoms. The van der Waals surface area contributed by atoms with Crippen LogP contribution in [0, 0.1) is 5.92 Å². The maximum atomic E-state index is 5.79. The second-order valence-electron chi connectivity index (χ2n) is 2.78. The molecule has 0 bridgehead atoms. The average molecular weight is 129 g/mol. The lowest BCUT2D eigenvalue weighted by atomic mass is 10.1. The average Bonchev–Trinajstić information content (AvgIpc) is 2.63. The monoisotopic (exact) mass is 129 g/mol. The van der Waals surface area contributed by atoms with Crippen molar-refractivity contribution in [2.75, 3.05) is 13.7 Å². The van der Waals surface area contributed by atoms with Crippen LogP contribution in [0.2, 0.25) is 0 Å². The third-order valence-electron chi connectivity index (χ3n) is 1.88. The van der Waals surface area contributed by atoms with Gasteiger partial charge in [0.1, 0.15) is 0 Å². The summed E-state index contributed by atoms with van der Waals surface area (Å²) in [4.78, 5) is 0. The second kappa shape index (κ2) is 3.18. The van der Waals surface area contributed by atoms with Gasteiger partial charge in [0.25, 0.3) is 0 Å². The van der Waals surface area contributed by atoms with E-state index in [2.05, 4.69) is 0 Å². The molecule has 1 saturated carbocycles. The van der Waals surface area contributed by atoms with Crippen LogP contribution in [-0.2, 0) is 4.74 Å². The highest BCUT2D eigenvalue weighted by molar-refractivity contribution is 4.83. The van der Waals surface area contributed by atoms with Crippen LogP contribution in [0.25, 0.3) is 0 Å². The Bertz CT molecular complexity index is 81.0. The van der Waals surface area contributed by atoms with Crippen molar-refractivity contribution in [2.24, 2.45) is 11.7 Å². The molecular formula is C7H15NO. The molecule has 0 heterocycles. The van der Waals surface area contributed by atoms with Gasteiger partial charge in [-0.15, -0.1) is 0 Å². The summed E-state index contributed by atoms with van der Waals surface area (Å²) in [5.74, 6) is 0.820. The smallest absolute Gasteiger partial charge is 0.0477 e. The van der Waals surface area contributed by atoms with Crippen LogP contribution < -0.4 is 5.73 Å². The van der Waals surface area contributed by atoms with Gasteiger partial charge in [0, 0.05) is 19.8 Å². The molecule has 0 saturated heterocycles. The van der Waals surface area contributed by atoms with Crippen molar-refractivity contribution in [1.29, 1.82) is 0 Å². The van der Waals surface area contributed by atoms with Crippen LogP contribution in [0.5, 0.6) is 0 Å². The van der Waals surface area contributed by atoms with Gasteiger partial charge in [-0.05, 0) is 25.2 Å². The van der Waals surface area contributed by atoms with Crippen molar-refractivity contribution in [1.82, 2.24) is 0 Å². The topological polar surface area (TPSA) is 35.2 Å². The van der Waals surface area contributed by atoms with Crippen LogP contribution in [0.15, 0.2) is 0 Å². The molecule has 0 aromatic rings. The van der Waals surface area contributed by atoms with E-state index in [1.807, 2.05) is 0 Å². The summed E-state index contributed by atoms with van der Waals surface area (Å²) in [6, 6.07) is 0.407. The Morgan fingerprint density at radius 1 is 1.67 bits per heavy atom. The third kappa shape index (κ3) is 2.33. The lowest BCUT2D eigenvalue weighted by Crippen LogP contribution is -2.23. The molecule has 0 aliphatic heterocycles. The molecule has 0 aromatic heterocycles. The summed E-state index contributed by atoms with van der Waals surface area (Å²) < 4.78 is 4.91. The summed E-state index contributed by atoms with van der Waals surface area (Å²) in [5.41, 5.74) is 5.79. The fraction of sp³-hybridized carbons (Fsp3) is 1.00. The molecule has 2 N–H and O–H groups in total. The maximum Gasteiger partial charge on any atom is 0.0477 e. The van der Waals surface area contributed by atoms with Gasteiger partial charge in [-0.3, -0.25) is 0 Å². The quantitative estimate of drug-likeness (QED) is 0.608. The van der Waals surface area contributed by atoms with E-state index in [0.29, 0.717) is 6.04 Å². The van der Waals surface area contributed by atoms with E-state index in [1.165, 1.54) is 12.8 Å². The number of hydrogen-bond donors (Lipinski definition) is 1. The predicted octanol–water partition coefficient (Wildman–Crippen LogP) is 0.760. The molecule has 2 heteroatoms. The lowest BCUT2D eigenvalue weighted by Gasteiger charge is -2.07. The highest BCUT2D eigenvalue weighted by atomic mass is 16.5. The Morgan fingerprint density at radius 2 is 2.33 bits per heavy atom. The summed E-state index contributed by atoms with van der Waals surface area (Å²) in [6.45, 7) is 0.817. The number of rotatable bonds is 4. The van der Waals surface area contributed by atoms with Gasteiger partial charge < -0.3 is 10.5 Å². The molecule has 1 atom stereocenters. The Hall–Kier alpha value is -0.0800. The molecule has 1 rings (SSSR count). The lowest BCUT2D eigenvalue weighted by molar-refractivity contribution is 0.185. The molecule has 1 fully saturated rings. The minimum absolute atomic E-state index is 0.407. The Kier molecular flexibility index (Phi) is 2.49. The molecule has 2 nitrogen and oxygen atoms in total. The fourth-order valence-electron chi connectivity index (χ4n) is 1.01. The molecule has 0 radical (unpaired) electrons. The van der Waals surface area contributed by atoms with E-state index in [0.717, 1.165) is 18.9 Å². The van der Waals surface area contributed by atoms with Gasteiger partial charge in [0.2, 0.25) is 0 Å². The Morgan fingerprint density at radius 3 is 2.78 bits per heavy atom. The second-order valence-corrected chi connectivity index (χ2v) is 2.78. The van der Waals surface area contributed by atoms with Crippen LogP contribution in [0.1, 0.15) is 19.3 Å². The van der Waals surface area contributed by atoms with E-state index in [-0.39, 0.29) is 0 Å². The van der Waals surface area contributed by atoms with Crippen LogP contribution in [0.3, 0.4) is 0 Å². The van der Waals surface area contributed by atoms with Crippen LogP contribution >= 0.6 is 0 Å². The van der Waals surface area contributed by atoms with E-state index in [9.17, 15) is 0 Å². The van der Waals surface area contributed by atoms with Gasteiger partial charge in [0.15, 0.2) is 0 Å². The minimum atomic E-state index is 0.407. The largest absolute Gasteiger partial charge is 0.385 e. The number of methoxy groups -OCH3 is 1. The molecule has 0 aromatic carbocycles. The first-order valence-corrected chi connectivity index (χ1v) is 3.59. The first-order valence-electron chi connectivity index (χ1n) is 3.59. The molecule has 1 aliphatic carbocycles. The zero-order chi connectivity index (χ0) is 6.69. The third-order valence-corrected chi connectivity index (χ3v) is 1.88. The normalized spacial score (nSPS) is 22.0. The van der Waals surface area contributed by atoms with Crippen molar-refractivity contribution in [3.63, 3.8) is 0 Å². The number of ether oxygens (including phenoxy) is 1. The zero-order valence-corrected chi connectivity index (χ0v) is 5.97. The molecule has 0 amide bonds. The maximum absolute atomic E-state index is 5.79. The Labute approximate surface area is 56.4 Å². The summed E-state index contributed by atoms with van der Waals surface area (Å²) >= 11 is 0. The molecule has 1 unspecified atom stereocenters. The molecule has 1 aliphatic rings. The Balaban J connectivity index is 1.96. The van der Waals surface area contributed by atoms with E-state index >= 15 is 0 Å². The van der Waals surface area contributed by atoms with E-state index < -0.39 is 0 Å². The van der Waals surface area contributed by atoms with Crippen LogP contribution in [-0.4, -0.2) is 19.8 Å². The first kappa shape index (κ1) is 7.03. The molecule has 54 valence electrons. The van der Waals surface area contributed by atoms with Crippen molar-refractivity contribution < 1.29 is 4.74 Å². The zero-order valence-electron chi connectivity index (χ0n) is 5.97. The van der Waals surface area contributed by atoms with Gasteiger partial charge >= 0.3 is 0 Å². The summed E-state index contributed by atoms with van der Waals surface area (Å²) in [7, 11) is 1.72. The van der Waals surface area contributed by atoms with Crippen molar-refractivity contribution in [3.05, 3.63) is 0 Å². The van der Waals surface area contributed by atoms with Crippen LogP contribution in [0.4, 0.5) is 0 Å². The standard InChI is InChI=1S/C7H15NO/c1-9-5-4-7(8)6-2-3-6/h6-7H,2-5,8H2,1H3.